The molecule has 0 spiro atoms. The molecule has 134 valence electrons. The van der Waals surface area contributed by atoms with Crippen LogP contribution < -0.4 is 10.4 Å². The number of hydrogen-bond donors (Lipinski definition) is 1. The highest BCUT2D eigenvalue weighted by Crippen LogP contribution is 2.31. The van der Waals surface area contributed by atoms with Crippen molar-refractivity contribution in [3.8, 4) is 0 Å². The Kier molecular flexibility index (Phi) is 6.19. The molecule has 1 N–H and O–H groups in total. The first-order valence-corrected chi connectivity index (χ1v) is 8.47. The van der Waals surface area contributed by atoms with E-state index in [-0.39, 0.29) is 19.4 Å². The van der Waals surface area contributed by atoms with E-state index in [1.807, 2.05) is 12.1 Å². The summed E-state index contributed by atoms with van der Waals surface area (Å²) in [5, 5.41) is 13.4. The Bertz CT molecular complexity index is 714. The zero-order chi connectivity index (χ0) is 18.6. The third kappa shape index (κ3) is 4.39. The number of rotatable bonds is 6. The van der Waals surface area contributed by atoms with Crippen LogP contribution in [0.1, 0.15) is 31.4 Å². The van der Waals surface area contributed by atoms with Crippen LogP contribution in [0.4, 0.5) is 4.79 Å². The molecule has 0 radical (unpaired) electrons. The molecule has 1 atom stereocenters. The number of halogens is 1. The fourth-order valence-electron chi connectivity index (χ4n) is 2.71. The fraction of sp³-hybridized carbons (Fsp3) is 0.353. The molecular formula is C17H18BrN2O5-. The lowest BCUT2D eigenvalue weighted by Crippen LogP contribution is -2.48. The van der Waals surface area contributed by atoms with Crippen LogP contribution >= 0.6 is 15.9 Å². The first-order chi connectivity index (χ1) is 11.8. The van der Waals surface area contributed by atoms with Gasteiger partial charge in [0.1, 0.15) is 0 Å². The number of benzene rings is 1. The minimum absolute atomic E-state index is 0.166. The average molecular weight is 410 g/mol. The van der Waals surface area contributed by atoms with Gasteiger partial charge in [-0.1, -0.05) is 28.1 Å². The molecular weight excluding hydrogens is 392 g/mol. The van der Waals surface area contributed by atoms with Crippen LogP contribution in [0.3, 0.4) is 0 Å². The van der Waals surface area contributed by atoms with Crippen LogP contribution in [0.5, 0.6) is 0 Å². The summed E-state index contributed by atoms with van der Waals surface area (Å²) < 4.78 is 5.75. The van der Waals surface area contributed by atoms with Gasteiger partial charge in [-0.3, -0.25) is 4.90 Å². The number of allylic oxidation sites excluding steroid dienone is 1. The summed E-state index contributed by atoms with van der Waals surface area (Å²) in [4.78, 5) is 36.7. The summed E-state index contributed by atoms with van der Waals surface area (Å²) in [6.45, 7) is 1.81. The van der Waals surface area contributed by atoms with E-state index in [9.17, 15) is 19.5 Å². The highest BCUT2D eigenvalue weighted by atomic mass is 79.9. The third-order valence-electron chi connectivity index (χ3n) is 3.97. The number of hydrogen-bond acceptors (Lipinski definition) is 5. The molecule has 1 heterocycles. The SMILES string of the molecule is COC(=O)C1=C(C)N(CCCC(=O)[O-])C(=O)N[C@@H]1c1ccc(Br)cc1. The zero-order valence-electron chi connectivity index (χ0n) is 13.9. The van der Waals surface area contributed by atoms with E-state index < -0.39 is 24.0 Å². The Morgan fingerprint density at radius 2 is 1.96 bits per heavy atom. The minimum Gasteiger partial charge on any atom is -0.550 e. The maximum atomic E-state index is 12.4. The second kappa shape index (κ2) is 8.15. The molecule has 0 bridgehead atoms. The summed E-state index contributed by atoms with van der Waals surface area (Å²) in [5.41, 5.74) is 1.51. The monoisotopic (exact) mass is 409 g/mol. The first-order valence-electron chi connectivity index (χ1n) is 7.67. The average Bonchev–Trinajstić information content (AvgIpc) is 2.57. The fourth-order valence-corrected chi connectivity index (χ4v) is 2.98. The van der Waals surface area contributed by atoms with E-state index in [0.29, 0.717) is 11.3 Å². The van der Waals surface area contributed by atoms with Crippen LogP contribution in [0, 0.1) is 0 Å². The van der Waals surface area contributed by atoms with Crippen molar-refractivity contribution in [2.24, 2.45) is 0 Å². The van der Waals surface area contributed by atoms with Crippen LogP contribution in [-0.2, 0) is 14.3 Å². The van der Waals surface area contributed by atoms with Gasteiger partial charge in [-0.2, -0.15) is 0 Å². The number of esters is 1. The summed E-state index contributed by atoms with van der Waals surface area (Å²) in [6, 6.07) is 6.21. The Morgan fingerprint density at radius 3 is 2.52 bits per heavy atom. The molecule has 8 heteroatoms. The highest BCUT2D eigenvalue weighted by molar-refractivity contribution is 9.10. The number of carbonyl (C=O) groups excluding carboxylic acids is 3. The number of nitrogens with one attached hydrogen (secondary N) is 1. The zero-order valence-corrected chi connectivity index (χ0v) is 15.5. The van der Waals surface area contributed by atoms with Crippen molar-refractivity contribution < 1.29 is 24.2 Å². The van der Waals surface area contributed by atoms with E-state index in [4.69, 9.17) is 4.74 Å². The molecule has 1 aliphatic heterocycles. The van der Waals surface area contributed by atoms with E-state index in [1.54, 1.807) is 19.1 Å². The van der Waals surface area contributed by atoms with E-state index in [1.165, 1.54) is 12.0 Å². The molecule has 1 aliphatic rings. The molecule has 0 aliphatic carbocycles. The number of methoxy groups -OCH3 is 1. The van der Waals surface area contributed by atoms with Gasteiger partial charge in [-0.15, -0.1) is 0 Å². The van der Waals surface area contributed by atoms with Gasteiger partial charge in [-0.25, -0.2) is 9.59 Å². The first kappa shape index (κ1) is 19.0. The lowest BCUT2D eigenvalue weighted by atomic mass is 9.95. The lowest BCUT2D eigenvalue weighted by molar-refractivity contribution is -0.305. The number of amides is 2. The summed E-state index contributed by atoms with van der Waals surface area (Å²) >= 11 is 3.35. The standard InChI is InChI=1S/C17H19BrN2O5/c1-10-14(16(23)25-2)15(11-5-7-12(18)8-6-11)19-17(24)20(10)9-3-4-13(21)22/h5-8,15H,3-4,9H2,1-2H3,(H,19,24)(H,21,22)/p-1/t15-/m1/s1. The summed E-state index contributed by atoms with van der Waals surface area (Å²) in [6.07, 6.45) is 0.0608. The van der Waals surface area contributed by atoms with Crippen molar-refractivity contribution in [2.75, 3.05) is 13.7 Å². The van der Waals surface area contributed by atoms with Gasteiger partial charge < -0.3 is 20.0 Å². The molecule has 1 aromatic carbocycles. The van der Waals surface area contributed by atoms with Gasteiger partial charge in [0, 0.05) is 22.7 Å². The second-order valence-corrected chi connectivity index (χ2v) is 6.47. The van der Waals surface area contributed by atoms with Gasteiger partial charge in [0.05, 0.1) is 18.7 Å². The quantitative estimate of drug-likeness (QED) is 0.717. The molecule has 2 rings (SSSR count). The van der Waals surface area contributed by atoms with E-state index in [0.717, 1.165) is 10.0 Å². The predicted octanol–water partition coefficient (Wildman–Crippen LogP) is 1.49. The summed E-state index contributed by atoms with van der Waals surface area (Å²) in [5.74, 6) is -1.73. The van der Waals surface area contributed by atoms with Gasteiger partial charge in [0.15, 0.2) is 0 Å². The lowest BCUT2D eigenvalue weighted by Gasteiger charge is -2.35. The third-order valence-corrected chi connectivity index (χ3v) is 4.50. The van der Waals surface area contributed by atoms with Crippen LogP contribution in [-0.4, -0.2) is 36.5 Å². The molecule has 0 fully saturated rings. The number of ether oxygens (including phenoxy) is 1. The van der Waals surface area contributed by atoms with Crippen LogP contribution in [0.15, 0.2) is 40.0 Å². The molecule has 2 amide bonds. The molecule has 1 aromatic rings. The number of carbonyl (C=O) groups is 3. The van der Waals surface area contributed by atoms with Crippen molar-refractivity contribution in [3.63, 3.8) is 0 Å². The Hall–Kier alpha value is -2.35. The van der Waals surface area contributed by atoms with Crippen molar-refractivity contribution in [1.82, 2.24) is 10.2 Å². The molecule has 0 aromatic heterocycles. The second-order valence-electron chi connectivity index (χ2n) is 5.55. The Morgan fingerprint density at radius 1 is 1.32 bits per heavy atom. The molecule has 7 nitrogen and oxygen atoms in total. The largest absolute Gasteiger partial charge is 0.550 e. The number of carboxylic acids is 1. The van der Waals surface area contributed by atoms with Crippen molar-refractivity contribution >= 4 is 33.9 Å². The van der Waals surface area contributed by atoms with Crippen molar-refractivity contribution in [1.29, 1.82) is 0 Å². The minimum atomic E-state index is -1.18. The van der Waals surface area contributed by atoms with E-state index >= 15 is 0 Å². The van der Waals surface area contributed by atoms with Crippen molar-refractivity contribution in [2.45, 2.75) is 25.8 Å². The van der Waals surface area contributed by atoms with Crippen molar-refractivity contribution in [3.05, 3.63) is 45.6 Å². The Balaban J connectivity index is 2.37. The number of nitrogens with zero attached hydrogens (tertiary/aromatic N) is 1. The smallest absolute Gasteiger partial charge is 0.337 e. The molecule has 25 heavy (non-hydrogen) atoms. The Labute approximate surface area is 153 Å². The predicted molar refractivity (Wildman–Crippen MR) is 91.1 cm³/mol. The normalized spacial score (nSPS) is 17.3. The number of carboxylic acid groups (broad SMARTS) is 1. The number of aliphatic carboxylic acids is 1. The van der Waals surface area contributed by atoms with Gasteiger partial charge in [-0.05, 0) is 37.5 Å². The van der Waals surface area contributed by atoms with Crippen LogP contribution in [0.25, 0.3) is 0 Å². The molecule has 0 saturated carbocycles. The highest BCUT2D eigenvalue weighted by Gasteiger charge is 2.35. The van der Waals surface area contributed by atoms with Crippen LogP contribution in [0.2, 0.25) is 0 Å². The number of urea groups is 1. The molecule has 0 saturated heterocycles. The van der Waals surface area contributed by atoms with E-state index in [2.05, 4.69) is 21.2 Å². The maximum Gasteiger partial charge on any atom is 0.337 e. The molecule has 0 unspecified atom stereocenters. The van der Waals surface area contributed by atoms with Gasteiger partial charge >= 0.3 is 12.0 Å². The maximum absolute atomic E-state index is 12.4. The topological polar surface area (TPSA) is 98.8 Å². The van der Waals surface area contributed by atoms with Gasteiger partial charge in [0.2, 0.25) is 0 Å². The summed E-state index contributed by atoms with van der Waals surface area (Å²) in [7, 11) is 1.28. The van der Waals surface area contributed by atoms with Gasteiger partial charge in [0.25, 0.3) is 0 Å².